The first kappa shape index (κ1) is 26.2. The lowest BCUT2D eigenvalue weighted by Crippen LogP contribution is -2.30. The van der Waals surface area contributed by atoms with Gasteiger partial charge in [0.2, 0.25) is 0 Å². The van der Waals surface area contributed by atoms with Gasteiger partial charge in [-0.25, -0.2) is 4.79 Å². The van der Waals surface area contributed by atoms with E-state index in [1.807, 2.05) is 6.07 Å². The van der Waals surface area contributed by atoms with Crippen molar-refractivity contribution in [3.63, 3.8) is 0 Å². The van der Waals surface area contributed by atoms with Gasteiger partial charge in [0, 0.05) is 30.7 Å². The number of rotatable bonds is 6. The van der Waals surface area contributed by atoms with Gasteiger partial charge < -0.3 is 15.4 Å². The number of nitrogens with one attached hydrogen (secondary N) is 3. The number of carbonyl (C=O) groups excluding carboxylic acids is 2. The summed E-state index contributed by atoms with van der Waals surface area (Å²) in [5.74, 6) is -0.545. The van der Waals surface area contributed by atoms with Crippen LogP contribution in [0.3, 0.4) is 0 Å². The number of anilines is 2. The first-order valence-corrected chi connectivity index (χ1v) is 11.4. The van der Waals surface area contributed by atoms with Gasteiger partial charge in [-0.05, 0) is 52.8 Å². The van der Waals surface area contributed by atoms with E-state index >= 15 is 0 Å². The number of thiazole rings is 1. The number of carbonyl (C=O) groups is 2. The molecular formula is C24H27N5O4S. The lowest BCUT2D eigenvalue weighted by Gasteiger charge is -2.19. The highest BCUT2D eigenvalue weighted by Crippen LogP contribution is 2.16. The van der Waals surface area contributed by atoms with Crippen molar-refractivity contribution in [2.24, 2.45) is 0 Å². The lowest BCUT2D eigenvalue weighted by atomic mass is 10.2. The molecule has 3 N–H and O–H groups in total. The molecule has 0 aliphatic rings. The zero-order valence-corrected chi connectivity index (χ0v) is 20.6. The fourth-order valence-electron chi connectivity index (χ4n) is 2.67. The number of hydrogen-bond acceptors (Lipinski definition) is 7. The van der Waals surface area contributed by atoms with Crippen molar-refractivity contribution >= 4 is 46.2 Å². The molecule has 9 nitrogen and oxygen atoms in total. The summed E-state index contributed by atoms with van der Waals surface area (Å²) in [6, 6.07) is 8.77. The number of benzene rings is 1. The molecule has 0 saturated heterocycles. The normalized spacial score (nSPS) is 10.2. The van der Waals surface area contributed by atoms with Gasteiger partial charge in [-0.3, -0.25) is 19.5 Å². The maximum Gasteiger partial charge on any atom is 0.412 e. The van der Waals surface area contributed by atoms with Gasteiger partial charge in [0.15, 0.2) is 5.57 Å². The van der Waals surface area contributed by atoms with E-state index in [1.54, 1.807) is 58.9 Å². The molecule has 0 unspecified atom stereocenters. The van der Waals surface area contributed by atoms with Crippen LogP contribution < -0.4 is 30.7 Å². The van der Waals surface area contributed by atoms with Crippen molar-refractivity contribution < 1.29 is 14.3 Å². The van der Waals surface area contributed by atoms with E-state index in [2.05, 4.69) is 27.4 Å². The molecule has 0 radical (unpaired) electrons. The molecule has 2 rings (SSSR count). The Morgan fingerprint density at radius 1 is 1.24 bits per heavy atom. The Balaban J connectivity index is 2.37. The Hall–Kier alpha value is -4.02. The molecule has 0 aliphatic heterocycles. The standard InChI is InChI=1S/C24H27N5O4S/c1-6-26-21(30)16(15-25)13-20-29(7-2)22(31)19(34-20)11-12-27-17-9-8-10-18(14-17)28-23(32)33-24(3,4)5/h8-10,12,14,27H,6-7H2,1-5H3,(H,26,30)(H,28,32). The fraction of sp³-hybridized carbons (Fsp3) is 0.333. The Kier molecular flexibility index (Phi) is 9.05. The Morgan fingerprint density at radius 3 is 2.56 bits per heavy atom. The fourth-order valence-corrected chi connectivity index (χ4v) is 3.65. The first-order chi connectivity index (χ1) is 16.1. The third-order valence-corrected chi connectivity index (χ3v) is 5.07. The molecule has 1 aromatic heterocycles. The molecule has 178 valence electrons. The molecule has 1 aromatic carbocycles. The minimum absolute atomic E-state index is 0.201. The number of hydrogen-bond donors (Lipinski definition) is 3. The molecule has 0 bridgehead atoms. The third kappa shape index (κ3) is 7.54. The maximum atomic E-state index is 12.7. The second-order valence-corrected chi connectivity index (χ2v) is 8.90. The molecular weight excluding hydrogens is 454 g/mol. The van der Waals surface area contributed by atoms with E-state index in [0.29, 0.717) is 29.1 Å². The van der Waals surface area contributed by atoms with Crippen LogP contribution in [0.5, 0.6) is 0 Å². The average Bonchev–Trinajstić information content (AvgIpc) is 3.05. The number of amides is 2. The van der Waals surface area contributed by atoms with Gasteiger partial charge in [0.25, 0.3) is 11.5 Å². The number of aromatic nitrogens is 1. The largest absolute Gasteiger partial charge is 0.444 e. The molecule has 0 saturated carbocycles. The maximum absolute atomic E-state index is 12.7. The molecule has 2 aromatic rings. The van der Waals surface area contributed by atoms with Crippen molar-refractivity contribution in [2.45, 2.75) is 46.8 Å². The summed E-state index contributed by atoms with van der Waals surface area (Å²) < 4.78 is 7.30. The lowest BCUT2D eigenvalue weighted by molar-refractivity contribution is -0.116. The van der Waals surface area contributed by atoms with Crippen LogP contribution in [0, 0.1) is 11.3 Å². The topological polar surface area (TPSA) is 125 Å². The van der Waals surface area contributed by atoms with Gasteiger partial charge in [-0.1, -0.05) is 28.9 Å². The average molecular weight is 482 g/mol. The van der Waals surface area contributed by atoms with E-state index < -0.39 is 17.6 Å². The van der Waals surface area contributed by atoms with E-state index in [1.165, 1.54) is 10.8 Å². The van der Waals surface area contributed by atoms with Crippen LogP contribution in [0.2, 0.25) is 0 Å². The molecule has 2 amide bonds. The monoisotopic (exact) mass is 481 g/mol. The van der Waals surface area contributed by atoms with Gasteiger partial charge in [-0.15, -0.1) is 0 Å². The van der Waals surface area contributed by atoms with Crippen LogP contribution in [-0.2, 0) is 16.1 Å². The van der Waals surface area contributed by atoms with Gasteiger partial charge in [0.1, 0.15) is 20.9 Å². The van der Waals surface area contributed by atoms with Crippen LogP contribution in [0.4, 0.5) is 16.2 Å². The molecule has 0 atom stereocenters. The van der Waals surface area contributed by atoms with E-state index in [-0.39, 0.29) is 15.7 Å². The van der Waals surface area contributed by atoms with E-state index in [0.717, 1.165) is 11.3 Å². The number of ether oxygens (including phenoxy) is 1. The molecule has 0 spiro atoms. The highest BCUT2D eigenvalue weighted by atomic mass is 32.1. The minimum Gasteiger partial charge on any atom is -0.444 e. The second-order valence-electron chi connectivity index (χ2n) is 7.90. The van der Waals surface area contributed by atoms with Crippen LogP contribution in [0.1, 0.15) is 34.6 Å². The summed E-state index contributed by atoms with van der Waals surface area (Å²) in [6.07, 6.45) is 0.911. The number of likely N-dealkylation sites (N-methyl/N-ethyl adjacent to an activating group) is 1. The zero-order chi connectivity index (χ0) is 25.3. The van der Waals surface area contributed by atoms with Crippen molar-refractivity contribution in [3.8, 4) is 6.07 Å². The SMILES string of the molecule is CCNC(=O)C(=C=c1sc(=C=CNc2cccc(NC(=O)OC(C)(C)C)c2)c(=O)n1CC)C#N. The van der Waals surface area contributed by atoms with Crippen LogP contribution in [-0.4, -0.2) is 28.7 Å². The van der Waals surface area contributed by atoms with E-state index in [9.17, 15) is 19.6 Å². The summed E-state index contributed by atoms with van der Waals surface area (Å²) in [5.41, 5.74) is 5.72. The summed E-state index contributed by atoms with van der Waals surface area (Å²) in [6.45, 7) is 9.59. The van der Waals surface area contributed by atoms with Crippen LogP contribution in [0.25, 0.3) is 11.5 Å². The van der Waals surface area contributed by atoms with Crippen molar-refractivity contribution in [1.29, 1.82) is 5.26 Å². The first-order valence-electron chi connectivity index (χ1n) is 10.6. The van der Waals surface area contributed by atoms with Crippen LogP contribution >= 0.6 is 11.3 Å². The number of nitrogens with zero attached hydrogens (tertiary/aromatic N) is 2. The third-order valence-electron chi connectivity index (χ3n) is 4.06. The van der Waals surface area contributed by atoms with Gasteiger partial charge in [0.05, 0.1) is 0 Å². The Labute approximate surface area is 201 Å². The summed E-state index contributed by atoms with van der Waals surface area (Å²) in [7, 11) is 0. The minimum atomic E-state index is -0.608. The predicted octanol–water partition coefficient (Wildman–Crippen LogP) is 2.25. The van der Waals surface area contributed by atoms with E-state index in [4.69, 9.17) is 4.74 Å². The molecule has 1 heterocycles. The molecule has 0 aliphatic carbocycles. The van der Waals surface area contributed by atoms with Gasteiger partial charge in [-0.2, -0.15) is 5.26 Å². The molecule has 0 fully saturated rings. The summed E-state index contributed by atoms with van der Waals surface area (Å²) >= 11 is 1.07. The zero-order valence-electron chi connectivity index (χ0n) is 19.7. The quantitative estimate of drug-likeness (QED) is 0.429. The summed E-state index contributed by atoms with van der Waals surface area (Å²) in [5, 5.41) is 17.5. The Bertz CT molecular complexity index is 1360. The predicted molar refractivity (Wildman–Crippen MR) is 133 cm³/mol. The second kappa shape index (κ2) is 11.7. The molecule has 34 heavy (non-hydrogen) atoms. The highest BCUT2D eigenvalue weighted by Gasteiger charge is 2.16. The molecule has 10 heteroatoms. The number of nitriles is 1. The van der Waals surface area contributed by atoms with Crippen molar-refractivity contribution in [2.75, 3.05) is 17.2 Å². The Morgan fingerprint density at radius 2 is 1.94 bits per heavy atom. The van der Waals surface area contributed by atoms with Crippen molar-refractivity contribution in [1.82, 2.24) is 9.88 Å². The van der Waals surface area contributed by atoms with Crippen molar-refractivity contribution in [3.05, 3.63) is 55.6 Å². The van der Waals surface area contributed by atoms with Crippen LogP contribution in [0.15, 0.2) is 40.8 Å². The smallest absolute Gasteiger partial charge is 0.412 e. The summed E-state index contributed by atoms with van der Waals surface area (Å²) in [4.78, 5) is 36.6. The van der Waals surface area contributed by atoms with Gasteiger partial charge >= 0.3 is 6.09 Å². The highest BCUT2D eigenvalue weighted by molar-refractivity contribution is 7.07.